The van der Waals surface area contributed by atoms with Crippen molar-refractivity contribution in [3.8, 4) is 0 Å². The third-order valence-electron chi connectivity index (χ3n) is 12.1. The van der Waals surface area contributed by atoms with Crippen molar-refractivity contribution in [1.82, 2.24) is 0 Å². The Morgan fingerprint density at radius 3 is 2.34 bits per heavy atom. The van der Waals surface area contributed by atoms with Gasteiger partial charge in [-0.2, -0.15) is 0 Å². The third-order valence-corrected chi connectivity index (χ3v) is 12.1. The topological polar surface area (TPSA) is 20.2 Å². The van der Waals surface area contributed by atoms with Crippen molar-refractivity contribution in [2.24, 2.45) is 44.8 Å². The van der Waals surface area contributed by atoms with Gasteiger partial charge in [0.2, 0.25) is 0 Å². The van der Waals surface area contributed by atoms with Crippen LogP contribution in [0.15, 0.2) is 11.6 Å². The first-order chi connectivity index (χ1) is 13.4. The number of hydrogen-bond acceptors (Lipinski definition) is 1. The van der Waals surface area contributed by atoms with Crippen LogP contribution in [0.1, 0.15) is 112 Å². The van der Waals surface area contributed by atoms with Crippen molar-refractivity contribution >= 4 is 0 Å². The quantitative estimate of drug-likeness (QED) is 0.418. The predicted octanol–water partition coefficient (Wildman–Crippen LogP) is 7.53. The minimum Gasteiger partial charge on any atom is -0.393 e. The summed E-state index contributed by atoms with van der Waals surface area (Å²) < 4.78 is 0. The number of fused-ring (bicyclic) bond motifs is 7. The summed E-state index contributed by atoms with van der Waals surface area (Å²) in [4.78, 5) is 0. The molecule has 5 aliphatic rings. The lowest BCUT2D eigenvalue weighted by atomic mass is 9.35. The summed E-state index contributed by atoms with van der Waals surface area (Å²) in [7, 11) is 0. The van der Waals surface area contributed by atoms with Crippen LogP contribution in [-0.4, -0.2) is 11.2 Å². The monoisotopic (exact) mass is 398 g/mol. The normalized spacial score (nSPS) is 56.3. The van der Waals surface area contributed by atoms with E-state index in [2.05, 4.69) is 47.6 Å². The van der Waals surface area contributed by atoms with E-state index in [9.17, 15) is 5.11 Å². The number of aliphatic hydroxyl groups excluding tert-OH is 1. The molecule has 0 radical (unpaired) electrons. The molecule has 1 nitrogen and oxygen atoms in total. The van der Waals surface area contributed by atoms with E-state index >= 15 is 0 Å². The minimum atomic E-state index is -0.0393. The Hall–Kier alpha value is -0.300. The highest BCUT2D eigenvalue weighted by molar-refractivity contribution is 5.33. The molecule has 0 aliphatic heterocycles. The Morgan fingerprint density at radius 2 is 1.59 bits per heavy atom. The van der Waals surface area contributed by atoms with E-state index in [0.717, 1.165) is 30.6 Å². The maximum atomic E-state index is 10.4. The lowest BCUT2D eigenvalue weighted by molar-refractivity contribution is -0.164. The highest BCUT2D eigenvalue weighted by Crippen LogP contribution is 2.74. The molecule has 0 spiro atoms. The molecule has 5 rings (SSSR count). The zero-order valence-corrected chi connectivity index (χ0v) is 20.1. The second kappa shape index (κ2) is 6.14. The average Bonchev–Trinajstić information content (AvgIpc) is 2.65. The van der Waals surface area contributed by atoms with E-state index in [1.165, 1.54) is 57.8 Å². The molecule has 8 atom stereocenters. The molecule has 0 unspecified atom stereocenters. The van der Waals surface area contributed by atoms with Crippen molar-refractivity contribution in [3.63, 3.8) is 0 Å². The first-order valence-corrected chi connectivity index (χ1v) is 12.8. The number of allylic oxidation sites excluding steroid dienone is 2. The van der Waals surface area contributed by atoms with Crippen molar-refractivity contribution in [2.75, 3.05) is 0 Å². The Morgan fingerprint density at radius 1 is 0.862 bits per heavy atom. The van der Waals surface area contributed by atoms with Gasteiger partial charge in [0.1, 0.15) is 0 Å². The van der Waals surface area contributed by atoms with E-state index in [0.29, 0.717) is 27.1 Å². The SMILES string of the molecule is CC1(C)CC[C@]2(C)CC[C@]3(C)C(=CC[C@@H]4[C@@]5(C)CC[C@H](O)C[C@@H]5CC[C@]43C)[C@@H]2C1. The van der Waals surface area contributed by atoms with Crippen LogP contribution in [0.25, 0.3) is 0 Å². The zero-order chi connectivity index (χ0) is 20.9. The van der Waals surface area contributed by atoms with Gasteiger partial charge in [-0.3, -0.25) is 0 Å². The molecule has 5 aliphatic carbocycles. The van der Waals surface area contributed by atoms with Crippen molar-refractivity contribution < 1.29 is 5.11 Å². The zero-order valence-electron chi connectivity index (χ0n) is 20.1. The lowest BCUT2D eigenvalue weighted by Gasteiger charge is -2.69. The molecule has 4 saturated carbocycles. The summed E-state index contributed by atoms with van der Waals surface area (Å²) in [5.41, 5.74) is 4.19. The van der Waals surface area contributed by atoms with Crippen LogP contribution in [0.2, 0.25) is 0 Å². The van der Waals surface area contributed by atoms with E-state index in [-0.39, 0.29) is 6.10 Å². The second-order valence-corrected chi connectivity index (χ2v) is 13.9. The summed E-state index contributed by atoms with van der Waals surface area (Å²) >= 11 is 0. The molecular weight excluding hydrogens is 352 g/mol. The molecule has 0 amide bonds. The number of rotatable bonds is 0. The van der Waals surface area contributed by atoms with E-state index < -0.39 is 0 Å². The largest absolute Gasteiger partial charge is 0.393 e. The third kappa shape index (κ3) is 2.68. The highest BCUT2D eigenvalue weighted by Gasteiger charge is 2.65. The number of aliphatic hydroxyl groups is 1. The van der Waals surface area contributed by atoms with Gasteiger partial charge in [-0.05, 0) is 115 Å². The summed E-state index contributed by atoms with van der Waals surface area (Å²) in [5, 5.41) is 10.4. The van der Waals surface area contributed by atoms with Crippen LogP contribution in [0, 0.1) is 44.8 Å². The number of hydrogen-bond donors (Lipinski definition) is 1. The van der Waals surface area contributed by atoms with Gasteiger partial charge in [-0.25, -0.2) is 0 Å². The van der Waals surface area contributed by atoms with Crippen LogP contribution < -0.4 is 0 Å². The fraction of sp³-hybridized carbons (Fsp3) is 0.929. The van der Waals surface area contributed by atoms with Gasteiger partial charge < -0.3 is 5.11 Å². The summed E-state index contributed by atoms with van der Waals surface area (Å²) in [5.74, 6) is 2.35. The van der Waals surface area contributed by atoms with Crippen LogP contribution >= 0.6 is 0 Å². The van der Waals surface area contributed by atoms with Gasteiger partial charge in [-0.1, -0.05) is 53.2 Å². The minimum absolute atomic E-state index is 0.0393. The fourth-order valence-corrected chi connectivity index (χ4v) is 9.65. The molecule has 29 heavy (non-hydrogen) atoms. The molecule has 0 bridgehead atoms. The van der Waals surface area contributed by atoms with Gasteiger partial charge in [-0.15, -0.1) is 0 Å². The lowest BCUT2D eigenvalue weighted by Crippen LogP contribution is -2.61. The van der Waals surface area contributed by atoms with Gasteiger partial charge >= 0.3 is 0 Å². The Balaban J connectivity index is 1.56. The molecular formula is C28H46O. The van der Waals surface area contributed by atoms with E-state index in [4.69, 9.17) is 0 Å². The molecule has 1 heteroatoms. The van der Waals surface area contributed by atoms with Crippen molar-refractivity contribution in [2.45, 2.75) is 118 Å². The van der Waals surface area contributed by atoms with Crippen molar-refractivity contribution in [1.29, 1.82) is 0 Å². The highest BCUT2D eigenvalue weighted by atomic mass is 16.3. The molecule has 1 N–H and O–H groups in total. The van der Waals surface area contributed by atoms with E-state index in [1.54, 1.807) is 0 Å². The van der Waals surface area contributed by atoms with Gasteiger partial charge in [0.05, 0.1) is 6.10 Å². The first-order valence-electron chi connectivity index (χ1n) is 12.8. The molecule has 164 valence electrons. The molecule has 0 aromatic rings. The summed E-state index contributed by atoms with van der Waals surface area (Å²) in [6.07, 6.45) is 17.2. The smallest absolute Gasteiger partial charge is 0.0543 e. The molecule has 0 heterocycles. The van der Waals surface area contributed by atoms with Crippen LogP contribution in [0.4, 0.5) is 0 Å². The molecule has 0 saturated heterocycles. The molecule has 0 aromatic carbocycles. The average molecular weight is 399 g/mol. The molecule has 4 fully saturated rings. The fourth-order valence-electron chi connectivity index (χ4n) is 9.65. The maximum Gasteiger partial charge on any atom is 0.0543 e. The maximum absolute atomic E-state index is 10.4. The Kier molecular flexibility index (Phi) is 4.36. The van der Waals surface area contributed by atoms with E-state index in [1.807, 2.05) is 5.57 Å². The standard InChI is InChI=1S/C28H46O/c1-24(2)13-14-25(3)15-16-27(5)21(22(25)18-24)7-8-23-26(4)11-10-20(29)17-19(26)9-12-28(23,27)6/h7,19-20,22-23,29H,8-18H2,1-6H3/t19-,20-,22-,23+,25+,26-,27+,28+/m0/s1. The van der Waals surface area contributed by atoms with Crippen LogP contribution in [0.5, 0.6) is 0 Å². The van der Waals surface area contributed by atoms with Crippen LogP contribution in [-0.2, 0) is 0 Å². The van der Waals surface area contributed by atoms with Crippen LogP contribution in [0.3, 0.4) is 0 Å². The second-order valence-electron chi connectivity index (χ2n) is 13.9. The van der Waals surface area contributed by atoms with Gasteiger partial charge in [0.25, 0.3) is 0 Å². The van der Waals surface area contributed by atoms with Gasteiger partial charge in [0.15, 0.2) is 0 Å². The summed E-state index contributed by atoms with van der Waals surface area (Å²) in [6.45, 7) is 15.7. The van der Waals surface area contributed by atoms with Gasteiger partial charge in [0, 0.05) is 0 Å². The first kappa shape index (κ1) is 20.6. The Labute approximate surface area is 180 Å². The van der Waals surface area contributed by atoms with Crippen molar-refractivity contribution in [3.05, 3.63) is 11.6 Å². The summed E-state index contributed by atoms with van der Waals surface area (Å²) in [6, 6.07) is 0. The Bertz CT molecular complexity index is 720. The molecule has 0 aromatic heterocycles. The predicted molar refractivity (Wildman–Crippen MR) is 122 cm³/mol.